The van der Waals surface area contributed by atoms with E-state index in [-0.39, 0.29) is 11.7 Å². The Bertz CT molecular complexity index is 997. The quantitative estimate of drug-likeness (QED) is 0.661. The van der Waals surface area contributed by atoms with Crippen molar-refractivity contribution in [2.75, 3.05) is 6.61 Å². The van der Waals surface area contributed by atoms with Crippen molar-refractivity contribution in [2.45, 2.75) is 19.1 Å². The first-order chi connectivity index (χ1) is 13.1. The Kier molecular flexibility index (Phi) is 5.26. The highest BCUT2D eigenvalue weighted by Crippen LogP contribution is 2.22. The molecular formula is C19H17F4N3O2. The molecule has 0 bridgehead atoms. The number of aryl methyl sites for hydroxylation is 1. The molecule has 5 nitrogen and oxygen atoms in total. The fourth-order valence-corrected chi connectivity index (χ4v) is 2.76. The molecule has 9 heteroatoms. The maximum atomic E-state index is 13.4. The number of halogens is 4. The Hall–Kier alpha value is -3.10. The van der Waals surface area contributed by atoms with E-state index in [9.17, 15) is 22.4 Å². The zero-order valence-corrected chi connectivity index (χ0v) is 15.0. The van der Waals surface area contributed by atoms with Gasteiger partial charge < -0.3 is 14.6 Å². The van der Waals surface area contributed by atoms with Crippen LogP contribution in [0.4, 0.5) is 17.6 Å². The molecule has 28 heavy (non-hydrogen) atoms. The number of hydrogen-bond acceptors (Lipinski definition) is 3. The summed E-state index contributed by atoms with van der Waals surface area (Å²) in [7, 11) is 1.66. The Morgan fingerprint density at radius 1 is 1.25 bits per heavy atom. The van der Waals surface area contributed by atoms with Crippen LogP contribution >= 0.6 is 0 Å². The van der Waals surface area contributed by atoms with Gasteiger partial charge in [0.2, 0.25) is 0 Å². The average molecular weight is 395 g/mol. The summed E-state index contributed by atoms with van der Waals surface area (Å²) in [6.07, 6.45) is -3.26. The van der Waals surface area contributed by atoms with E-state index in [1.807, 2.05) is 0 Å². The summed E-state index contributed by atoms with van der Waals surface area (Å²) in [6.45, 7) is 0.292. The maximum Gasteiger partial charge on any atom is 0.422 e. The number of ether oxygens (including phenoxy) is 1. The van der Waals surface area contributed by atoms with Crippen molar-refractivity contribution in [1.82, 2.24) is 14.9 Å². The molecule has 1 aromatic carbocycles. The van der Waals surface area contributed by atoms with E-state index in [0.29, 0.717) is 16.9 Å². The van der Waals surface area contributed by atoms with Crippen molar-refractivity contribution in [3.8, 4) is 5.75 Å². The van der Waals surface area contributed by atoms with Gasteiger partial charge in [0.15, 0.2) is 6.61 Å². The highest BCUT2D eigenvalue weighted by molar-refractivity contribution is 5.98. The van der Waals surface area contributed by atoms with Crippen LogP contribution in [0.5, 0.6) is 5.75 Å². The van der Waals surface area contributed by atoms with Crippen LogP contribution in [0.2, 0.25) is 0 Å². The van der Waals surface area contributed by atoms with Crippen LogP contribution in [0.1, 0.15) is 29.1 Å². The SMILES string of the molecule is CC(NC(=O)c1cc2ccc(F)cc2n1C)c1ccc(OCC(F)(F)F)cn1. The van der Waals surface area contributed by atoms with Crippen molar-refractivity contribution < 1.29 is 27.1 Å². The van der Waals surface area contributed by atoms with Crippen molar-refractivity contribution in [3.05, 3.63) is 59.8 Å². The second-order valence-corrected chi connectivity index (χ2v) is 6.31. The molecule has 1 amide bonds. The summed E-state index contributed by atoms with van der Waals surface area (Å²) in [5, 5.41) is 3.50. The third-order valence-corrected chi connectivity index (χ3v) is 4.19. The number of benzene rings is 1. The molecule has 1 atom stereocenters. The number of rotatable bonds is 5. The van der Waals surface area contributed by atoms with Gasteiger partial charge >= 0.3 is 6.18 Å². The van der Waals surface area contributed by atoms with Gasteiger partial charge in [-0.25, -0.2) is 4.39 Å². The van der Waals surface area contributed by atoms with Crippen LogP contribution in [0, 0.1) is 5.82 Å². The largest absolute Gasteiger partial charge is 0.483 e. The molecule has 0 aliphatic rings. The molecule has 148 valence electrons. The third kappa shape index (κ3) is 4.41. The van der Waals surface area contributed by atoms with E-state index in [1.54, 1.807) is 30.7 Å². The van der Waals surface area contributed by atoms with Crippen LogP contribution in [-0.2, 0) is 7.05 Å². The Morgan fingerprint density at radius 2 is 2.00 bits per heavy atom. The molecule has 0 aliphatic heterocycles. The molecule has 3 aromatic rings. The number of fused-ring (bicyclic) bond motifs is 1. The van der Waals surface area contributed by atoms with Crippen molar-refractivity contribution >= 4 is 16.8 Å². The van der Waals surface area contributed by atoms with Gasteiger partial charge in [0, 0.05) is 12.4 Å². The summed E-state index contributed by atoms with van der Waals surface area (Å²) < 4.78 is 56.1. The summed E-state index contributed by atoms with van der Waals surface area (Å²) in [5.74, 6) is -0.799. The molecule has 2 heterocycles. The van der Waals surface area contributed by atoms with Crippen molar-refractivity contribution in [2.24, 2.45) is 7.05 Å². The maximum absolute atomic E-state index is 13.4. The zero-order valence-electron chi connectivity index (χ0n) is 15.0. The standard InChI is InChI=1S/C19H17F4N3O2/c1-11(15-6-5-14(9-24-15)28-10-19(21,22)23)25-18(27)17-7-12-3-4-13(20)8-16(12)26(17)2/h3-9,11H,10H2,1-2H3,(H,25,27). The number of hydrogen-bond donors (Lipinski definition) is 1. The van der Waals surface area contributed by atoms with Gasteiger partial charge in [-0.3, -0.25) is 9.78 Å². The van der Waals surface area contributed by atoms with E-state index < -0.39 is 24.6 Å². The second-order valence-electron chi connectivity index (χ2n) is 6.31. The van der Waals surface area contributed by atoms with Gasteiger partial charge in [-0.1, -0.05) is 0 Å². The van der Waals surface area contributed by atoms with Gasteiger partial charge in [0.05, 0.1) is 23.4 Å². The fraction of sp³-hybridized carbons (Fsp3) is 0.263. The number of nitrogens with zero attached hydrogens (tertiary/aromatic N) is 2. The lowest BCUT2D eigenvalue weighted by Gasteiger charge is -2.15. The fourth-order valence-electron chi connectivity index (χ4n) is 2.76. The molecule has 1 unspecified atom stereocenters. The van der Waals surface area contributed by atoms with Crippen LogP contribution in [0.3, 0.4) is 0 Å². The van der Waals surface area contributed by atoms with Crippen LogP contribution in [0.15, 0.2) is 42.6 Å². The molecule has 0 spiro atoms. The van der Waals surface area contributed by atoms with Crippen molar-refractivity contribution in [3.63, 3.8) is 0 Å². The second kappa shape index (κ2) is 7.49. The van der Waals surface area contributed by atoms with Gasteiger partial charge in [0.1, 0.15) is 17.3 Å². The van der Waals surface area contributed by atoms with Gasteiger partial charge in [-0.15, -0.1) is 0 Å². The lowest BCUT2D eigenvalue weighted by molar-refractivity contribution is -0.153. The Morgan fingerprint density at radius 3 is 2.64 bits per heavy atom. The number of pyridine rings is 1. The Balaban J connectivity index is 1.70. The monoisotopic (exact) mass is 395 g/mol. The average Bonchev–Trinajstić information content (AvgIpc) is 2.96. The molecule has 3 rings (SSSR count). The first-order valence-electron chi connectivity index (χ1n) is 8.35. The van der Waals surface area contributed by atoms with Gasteiger partial charge in [-0.05, 0) is 43.3 Å². The van der Waals surface area contributed by atoms with Gasteiger partial charge in [-0.2, -0.15) is 13.2 Å². The van der Waals surface area contributed by atoms with Crippen LogP contribution in [0.25, 0.3) is 10.9 Å². The van der Waals surface area contributed by atoms with E-state index in [2.05, 4.69) is 15.0 Å². The highest BCUT2D eigenvalue weighted by Gasteiger charge is 2.28. The number of alkyl halides is 3. The lowest BCUT2D eigenvalue weighted by atomic mass is 10.2. The van der Waals surface area contributed by atoms with Crippen LogP contribution < -0.4 is 10.1 Å². The van der Waals surface area contributed by atoms with Gasteiger partial charge in [0.25, 0.3) is 5.91 Å². The van der Waals surface area contributed by atoms with E-state index in [0.717, 1.165) is 5.39 Å². The number of carbonyl (C=O) groups excluding carboxylic acids is 1. The minimum Gasteiger partial charge on any atom is -0.483 e. The van der Waals surface area contributed by atoms with E-state index in [4.69, 9.17) is 0 Å². The summed E-state index contributed by atoms with van der Waals surface area (Å²) in [5.41, 5.74) is 1.39. The smallest absolute Gasteiger partial charge is 0.422 e. The molecule has 1 N–H and O–H groups in total. The number of aromatic nitrogens is 2. The molecule has 0 fully saturated rings. The minimum absolute atomic E-state index is 0.0182. The van der Waals surface area contributed by atoms with Crippen molar-refractivity contribution in [1.29, 1.82) is 0 Å². The predicted octanol–water partition coefficient (Wildman–Crippen LogP) is 4.14. The molecular weight excluding hydrogens is 378 g/mol. The summed E-state index contributed by atoms with van der Waals surface area (Å²) in [4.78, 5) is 16.6. The lowest BCUT2D eigenvalue weighted by Crippen LogP contribution is -2.28. The third-order valence-electron chi connectivity index (χ3n) is 4.19. The zero-order chi connectivity index (χ0) is 20.5. The first kappa shape index (κ1) is 19.7. The molecule has 0 radical (unpaired) electrons. The Labute approximate surface area is 157 Å². The van der Waals surface area contributed by atoms with Crippen LogP contribution in [-0.4, -0.2) is 28.2 Å². The first-order valence-corrected chi connectivity index (χ1v) is 8.35. The number of carbonyl (C=O) groups is 1. The number of nitrogens with one attached hydrogen (secondary N) is 1. The molecule has 0 aliphatic carbocycles. The minimum atomic E-state index is -4.43. The van der Waals surface area contributed by atoms with E-state index >= 15 is 0 Å². The van der Waals surface area contributed by atoms with E-state index in [1.165, 1.54) is 30.5 Å². The highest BCUT2D eigenvalue weighted by atomic mass is 19.4. The summed E-state index contributed by atoms with van der Waals surface area (Å²) >= 11 is 0. The topological polar surface area (TPSA) is 56.2 Å². The molecule has 0 saturated carbocycles. The normalized spacial score (nSPS) is 12.8. The number of amides is 1. The molecule has 2 aromatic heterocycles. The summed E-state index contributed by atoms with van der Waals surface area (Å²) in [6, 6.07) is 8.24. The molecule has 0 saturated heterocycles. The predicted molar refractivity (Wildman–Crippen MR) is 94.5 cm³/mol.